The fourth-order valence-corrected chi connectivity index (χ4v) is 3.38. The van der Waals surface area contributed by atoms with Crippen LogP contribution < -0.4 is 0 Å². The van der Waals surface area contributed by atoms with E-state index in [1.807, 2.05) is 23.5 Å². The summed E-state index contributed by atoms with van der Waals surface area (Å²) in [6.07, 6.45) is 4.68. The minimum atomic E-state index is 0. The Morgan fingerprint density at radius 1 is 0.889 bits per heavy atom. The van der Waals surface area contributed by atoms with Crippen LogP contribution in [0.1, 0.15) is 47.0 Å². The molecule has 0 radical (unpaired) electrons. The molecule has 5 heteroatoms. The van der Waals surface area contributed by atoms with E-state index in [1.165, 1.54) is 5.75 Å². The van der Waals surface area contributed by atoms with Gasteiger partial charge in [-0.15, -0.1) is 0 Å². The van der Waals surface area contributed by atoms with Crippen LogP contribution in [-0.2, 0) is 4.79 Å². The monoisotopic (exact) mass is 293 g/mol. The predicted octanol–water partition coefficient (Wildman–Crippen LogP) is 4.09. The first-order valence-corrected chi connectivity index (χ1v) is 8.01. The van der Waals surface area contributed by atoms with Crippen molar-refractivity contribution in [3.8, 4) is 0 Å². The number of oxime groups is 1. The van der Waals surface area contributed by atoms with Gasteiger partial charge in [0.2, 0.25) is 0 Å². The quantitative estimate of drug-likeness (QED) is 0.540. The average Bonchev–Trinajstić information content (AvgIpc) is 2.59. The number of nitrogens with zero attached hydrogens (tertiary/aromatic N) is 1. The Hall–Kier alpha value is -0.160. The van der Waals surface area contributed by atoms with E-state index in [9.17, 15) is 4.79 Å². The number of rotatable bonds is 0. The normalized spacial score (nSPS) is 19.3. The molecular formula is C13H27NO2S2. The molecule has 0 spiro atoms. The van der Waals surface area contributed by atoms with Crippen molar-refractivity contribution in [2.45, 2.75) is 47.0 Å². The smallest absolute Gasteiger partial charge is 0.133 e. The average molecular weight is 293 g/mol. The van der Waals surface area contributed by atoms with Crippen LogP contribution in [0.25, 0.3) is 0 Å². The van der Waals surface area contributed by atoms with Gasteiger partial charge in [-0.1, -0.05) is 20.0 Å². The van der Waals surface area contributed by atoms with Crippen molar-refractivity contribution in [1.29, 1.82) is 0 Å². The van der Waals surface area contributed by atoms with Crippen LogP contribution in [0.3, 0.4) is 0 Å². The molecule has 1 N–H and O–H groups in total. The fourth-order valence-electron chi connectivity index (χ4n) is 1.49. The van der Waals surface area contributed by atoms with Gasteiger partial charge >= 0.3 is 0 Å². The summed E-state index contributed by atoms with van der Waals surface area (Å²) in [7, 11) is 0. The van der Waals surface area contributed by atoms with Gasteiger partial charge < -0.3 is 5.21 Å². The van der Waals surface area contributed by atoms with Crippen LogP contribution in [0.4, 0.5) is 0 Å². The van der Waals surface area contributed by atoms with Crippen molar-refractivity contribution in [2.24, 2.45) is 5.16 Å². The third-order valence-electron chi connectivity index (χ3n) is 2.48. The van der Waals surface area contributed by atoms with Crippen LogP contribution in [0, 0.1) is 0 Å². The predicted molar refractivity (Wildman–Crippen MR) is 85.4 cm³/mol. The molecule has 2 rings (SSSR count). The summed E-state index contributed by atoms with van der Waals surface area (Å²) in [5, 5.41) is 11.4. The van der Waals surface area contributed by atoms with Crippen molar-refractivity contribution >= 4 is 35.0 Å². The molecular weight excluding hydrogens is 266 g/mol. The Bertz CT molecular complexity index is 227. The lowest BCUT2D eigenvalue weighted by Gasteiger charge is -2.08. The minimum absolute atomic E-state index is 0. The summed E-state index contributed by atoms with van der Waals surface area (Å²) >= 11 is 3.82. The highest BCUT2D eigenvalue weighted by atomic mass is 32.2. The number of ketones is 1. The minimum Gasteiger partial charge on any atom is -0.411 e. The Morgan fingerprint density at radius 3 is 2.00 bits per heavy atom. The number of thioether (sulfide) groups is 2. The fraction of sp³-hybridized carbons (Fsp3) is 0.846. The number of hydrogen-bond acceptors (Lipinski definition) is 5. The number of carbonyl (C=O) groups excluding carboxylic acids is 1. The first-order chi connectivity index (χ1) is 7.83. The second kappa shape index (κ2) is 13.3. The molecule has 0 unspecified atom stereocenters. The molecule has 3 nitrogen and oxygen atoms in total. The third kappa shape index (κ3) is 9.83. The highest BCUT2D eigenvalue weighted by Gasteiger charge is 2.06. The zero-order valence-corrected chi connectivity index (χ0v) is 11.1. The molecule has 18 heavy (non-hydrogen) atoms. The highest BCUT2D eigenvalue weighted by Crippen LogP contribution is 2.14. The standard InChI is InChI=1S/C6H10OS.C5H9NOS.2CH4/c7-6-2-1-4-8-5-3-6;7-6-5-1-3-8-4-2-5;;/h1-5H2;7H,1-4H2;2*1H4. The third-order valence-corrected chi connectivity index (χ3v) is 4.54. The Kier molecular flexibility index (Phi) is 14.9. The molecule has 2 aliphatic heterocycles. The maximum atomic E-state index is 10.7. The molecule has 0 saturated carbocycles. The second-order valence-corrected chi connectivity index (χ2v) is 6.23. The Morgan fingerprint density at radius 2 is 1.44 bits per heavy atom. The van der Waals surface area contributed by atoms with Crippen molar-refractivity contribution < 1.29 is 10.0 Å². The highest BCUT2D eigenvalue weighted by molar-refractivity contribution is 7.99. The van der Waals surface area contributed by atoms with E-state index in [1.54, 1.807) is 0 Å². The molecule has 0 atom stereocenters. The van der Waals surface area contributed by atoms with Crippen LogP contribution in [0.15, 0.2) is 5.16 Å². The lowest BCUT2D eigenvalue weighted by Crippen LogP contribution is -2.07. The van der Waals surface area contributed by atoms with Crippen LogP contribution >= 0.6 is 23.5 Å². The van der Waals surface area contributed by atoms with Gasteiger partial charge in [0.25, 0.3) is 0 Å². The molecule has 0 aromatic rings. The van der Waals surface area contributed by atoms with Gasteiger partial charge in [-0.2, -0.15) is 23.5 Å². The van der Waals surface area contributed by atoms with Crippen molar-refractivity contribution in [2.75, 3.05) is 23.0 Å². The molecule has 0 aromatic carbocycles. The van der Waals surface area contributed by atoms with Crippen molar-refractivity contribution in [1.82, 2.24) is 0 Å². The lowest BCUT2D eigenvalue weighted by atomic mass is 10.2. The van der Waals surface area contributed by atoms with E-state index in [0.29, 0.717) is 5.78 Å². The van der Waals surface area contributed by atoms with E-state index in [4.69, 9.17) is 5.21 Å². The summed E-state index contributed by atoms with van der Waals surface area (Å²) in [5.74, 6) is 4.94. The number of Topliss-reactive ketones (excluding diaryl/α,β-unsaturated/α-hetero) is 1. The molecule has 0 bridgehead atoms. The Labute approximate surface area is 120 Å². The molecule has 2 fully saturated rings. The first kappa shape index (κ1) is 20.2. The van der Waals surface area contributed by atoms with Crippen LogP contribution in [0.5, 0.6) is 0 Å². The zero-order valence-electron chi connectivity index (χ0n) is 9.48. The van der Waals surface area contributed by atoms with E-state index in [0.717, 1.165) is 55.1 Å². The maximum Gasteiger partial charge on any atom is 0.133 e. The van der Waals surface area contributed by atoms with Gasteiger partial charge in [0.1, 0.15) is 5.78 Å². The lowest BCUT2D eigenvalue weighted by molar-refractivity contribution is -0.118. The molecule has 0 aliphatic carbocycles. The van der Waals surface area contributed by atoms with Gasteiger partial charge in [0.15, 0.2) is 0 Å². The molecule has 108 valence electrons. The summed E-state index contributed by atoms with van der Waals surface area (Å²) in [6, 6.07) is 0. The maximum absolute atomic E-state index is 10.7. The van der Waals surface area contributed by atoms with E-state index >= 15 is 0 Å². The van der Waals surface area contributed by atoms with Crippen molar-refractivity contribution in [3.63, 3.8) is 0 Å². The van der Waals surface area contributed by atoms with Gasteiger partial charge in [0, 0.05) is 18.6 Å². The summed E-state index contributed by atoms with van der Waals surface area (Å²) in [4.78, 5) is 10.7. The molecule has 0 amide bonds. The Balaban J connectivity index is 0. The van der Waals surface area contributed by atoms with Crippen molar-refractivity contribution in [3.05, 3.63) is 0 Å². The number of carbonyl (C=O) groups is 1. The van der Waals surface area contributed by atoms with Gasteiger partial charge in [-0.25, -0.2) is 0 Å². The van der Waals surface area contributed by atoms with Gasteiger partial charge in [-0.05, 0) is 36.5 Å². The van der Waals surface area contributed by atoms with E-state index in [2.05, 4.69) is 5.16 Å². The van der Waals surface area contributed by atoms with Crippen LogP contribution in [0.2, 0.25) is 0 Å². The van der Waals surface area contributed by atoms with Gasteiger partial charge in [0.05, 0.1) is 5.71 Å². The van der Waals surface area contributed by atoms with E-state index < -0.39 is 0 Å². The second-order valence-electron chi connectivity index (χ2n) is 3.78. The molecule has 2 heterocycles. The SMILES string of the molecule is C.C.O=C1CCCSCC1.ON=C1CCSCC1. The summed E-state index contributed by atoms with van der Waals surface area (Å²) in [6.45, 7) is 0. The molecule has 0 aromatic heterocycles. The summed E-state index contributed by atoms with van der Waals surface area (Å²) in [5.41, 5.74) is 0.962. The summed E-state index contributed by atoms with van der Waals surface area (Å²) < 4.78 is 0. The molecule has 2 aliphatic rings. The molecule has 2 saturated heterocycles. The number of hydrogen-bond donors (Lipinski definition) is 1. The van der Waals surface area contributed by atoms with Crippen LogP contribution in [-0.4, -0.2) is 39.7 Å². The zero-order chi connectivity index (χ0) is 11.6. The van der Waals surface area contributed by atoms with Gasteiger partial charge in [-0.3, -0.25) is 4.79 Å². The topological polar surface area (TPSA) is 49.7 Å². The first-order valence-electron chi connectivity index (χ1n) is 5.70. The largest absolute Gasteiger partial charge is 0.411 e. The van der Waals surface area contributed by atoms with E-state index in [-0.39, 0.29) is 14.9 Å².